The Hall–Kier alpha value is -3.59. The minimum atomic E-state index is 0.622. The van der Waals surface area contributed by atoms with Gasteiger partial charge in [-0.1, -0.05) is 0 Å². The average molecular weight is 330 g/mol. The van der Waals surface area contributed by atoms with Crippen LogP contribution >= 0.6 is 0 Å². The van der Waals surface area contributed by atoms with Gasteiger partial charge in [-0.3, -0.25) is 0 Å². The molecule has 0 saturated heterocycles. The lowest BCUT2D eigenvalue weighted by molar-refractivity contribution is 1.13. The van der Waals surface area contributed by atoms with E-state index in [0.29, 0.717) is 17.2 Å². The van der Waals surface area contributed by atoms with E-state index in [1.165, 1.54) is 6.33 Å². The summed E-state index contributed by atoms with van der Waals surface area (Å²) in [5.41, 5.74) is 3.57. The summed E-state index contributed by atoms with van der Waals surface area (Å²) in [5, 5.41) is 15.3. The molecule has 0 amide bonds. The topological polar surface area (TPSA) is 76.9 Å². The Morgan fingerprint density at radius 2 is 1.36 bits per heavy atom. The summed E-state index contributed by atoms with van der Waals surface area (Å²) < 4.78 is 0. The first-order valence-electron chi connectivity index (χ1n) is 7.78. The fraction of sp³-hybridized carbons (Fsp3) is 0.105. The molecule has 0 fully saturated rings. The van der Waals surface area contributed by atoms with Gasteiger partial charge in [0.05, 0.1) is 11.6 Å². The van der Waals surface area contributed by atoms with E-state index in [1.54, 1.807) is 12.1 Å². The maximum atomic E-state index is 8.84. The Kier molecular flexibility index (Phi) is 4.77. The van der Waals surface area contributed by atoms with Crippen LogP contribution in [0.4, 0.5) is 28.7 Å². The standard InChI is InChI=1S/C19H18N6/c1-25(2)17-9-7-16(8-10-17)24-19-11-18(21-13-22-19)23-15-5-3-14(12-20)4-6-15/h3-11,13H,1-2H3,(H2,21,22,23,24). The van der Waals surface area contributed by atoms with Gasteiger partial charge in [0.2, 0.25) is 0 Å². The van der Waals surface area contributed by atoms with Gasteiger partial charge in [0.1, 0.15) is 18.0 Å². The normalized spacial score (nSPS) is 9.96. The van der Waals surface area contributed by atoms with Gasteiger partial charge in [-0.25, -0.2) is 9.97 Å². The van der Waals surface area contributed by atoms with E-state index in [2.05, 4.69) is 26.7 Å². The molecule has 0 aliphatic rings. The first kappa shape index (κ1) is 16.3. The molecule has 0 bridgehead atoms. The summed E-state index contributed by atoms with van der Waals surface area (Å²) in [6.07, 6.45) is 1.50. The number of hydrogen-bond acceptors (Lipinski definition) is 6. The molecule has 25 heavy (non-hydrogen) atoms. The van der Waals surface area contributed by atoms with Crippen molar-refractivity contribution in [3.05, 3.63) is 66.5 Å². The Morgan fingerprint density at radius 1 is 0.840 bits per heavy atom. The van der Waals surface area contributed by atoms with Crippen molar-refractivity contribution in [3.8, 4) is 6.07 Å². The van der Waals surface area contributed by atoms with Crippen LogP contribution in [0.25, 0.3) is 0 Å². The second-order valence-electron chi connectivity index (χ2n) is 5.67. The maximum absolute atomic E-state index is 8.84. The van der Waals surface area contributed by atoms with Crippen LogP contribution in [-0.4, -0.2) is 24.1 Å². The Morgan fingerprint density at radius 3 is 1.84 bits per heavy atom. The molecular weight excluding hydrogens is 312 g/mol. The van der Waals surface area contributed by atoms with E-state index in [9.17, 15) is 0 Å². The van der Waals surface area contributed by atoms with Gasteiger partial charge in [-0.05, 0) is 48.5 Å². The predicted molar refractivity (Wildman–Crippen MR) is 101 cm³/mol. The number of nitrogens with zero attached hydrogens (tertiary/aromatic N) is 4. The molecular formula is C19H18N6. The van der Waals surface area contributed by atoms with Gasteiger partial charge in [0.15, 0.2) is 0 Å². The van der Waals surface area contributed by atoms with E-state index in [1.807, 2.05) is 61.5 Å². The number of nitriles is 1. The molecule has 6 heteroatoms. The molecule has 2 N–H and O–H groups in total. The molecule has 0 aliphatic carbocycles. The molecule has 1 heterocycles. The van der Waals surface area contributed by atoms with Gasteiger partial charge < -0.3 is 15.5 Å². The van der Waals surface area contributed by atoms with Crippen LogP contribution in [0.15, 0.2) is 60.9 Å². The second-order valence-corrected chi connectivity index (χ2v) is 5.67. The Bertz CT molecular complexity index is 879. The molecule has 0 spiro atoms. The average Bonchev–Trinajstić information content (AvgIpc) is 2.63. The second kappa shape index (κ2) is 7.32. The molecule has 0 atom stereocenters. The Balaban J connectivity index is 1.71. The predicted octanol–water partition coefficient (Wildman–Crippen LogP) is 3.90. The molecule has 124 valence electrons. The van der Waals surface area contributed by atoms with Crippen LogP contribution in [0.1, 0.15) is 5.56 Å². The molecule has 0 unspecified atom stereocenters. The van der Waals surface area contributed by atoms with Gasteiger partial charge in [0.25, 0.3) is 0 Å². The summed E-state index contributed by atoms with van der Waals surface area (Å²) >= 11 is 0. The van der Waals surface area contributed by atoms with E-state index in [0.717, 1.165) is 17.1 Å². The molecule has 0 radical (unpaired) electrons. The number of benzene rings is 2. The minimum absolute atomic E-state index is 0.622. The largest absolute Gasteiger partial charge is 0.378 e. The molecule has 0 saturated carbocycles. The summed E-state index contributed by atoms with van der Waals surface area (Å²) in [7, 11) is 4.02. The SMILES string of the molecule is CN(C)c1ccc(Nc2cc(Nc3ccc(C#N)cc3)ncn2)cc1. The van der Waals surface area contributed by atoms with E-state index < -0.39 is 0 Å². The third kappa shape index (κ3) is 4.24. The maximum Gasteiger partial charge on any atom is 0.135 e. The number of rotatable bonds is 5. The van der Waals surface area contributed by atoms with Crippen molar-refractivity contribution in [2.24, 2.45) is 0 Å². The zero-order valence-electron chi connectivity index (χ0n) is 14.1. The highest BCUT2D eigenvalue weighted by molar-refractivity contribution is 5.64. The highest BCUT2D eigenvalue weighted by atomic mass is 15.1. The van der Waals surface area contributed by atoms with Crippen molar-refractivity contribution in [2.75, 3.05) is 29.6 Å². The van der Waals surface area contributed by atoms with Crippen molar-refractivity contribution in [1.82, 2.24) is 9.97 Å². The fourth-order valence-electron chi connectivity index (χ4n) is 2.26. The van der Waals surface area contributed by atoms with Crippen LogP contribution in [0.2, 0.25) is 0 Å². The quantitative estimate of drug-likeness (QED) is 0.739. The fourth-order valence-corrected chi connectivity index (χ4v) is 2.26. The molecule has 3 rings (SSSR count). The lowest BCUT2D eigenvalue weighted by Gasteiger charge is -2.13. The number of anilines is 5. The third-order valence-electron chi connectivity index (χ3n) is 3.61. The number of aromatic nitrogens is 2. The lowest BCUT2D eigenvalue weighted by atomic mass is 10.2. The highest BCUT2D eigenvalue weighted by Crippen LogP contribution is 2.21. The van der Waals surface area contributed by atoms with Crippen LogP contribution in [0.5, 0.6) is 0 Å². The molecule has 3 aromatic rings. The van der Waals surface area contributed by atoms with Gasteiger partial charge >= 0.3 is 0 Å². The number of hydrogen-bond donors (Lipinski definition) is 2. The van der Waals surface area contributed by atoms with Crippen molar-refractivity contribution in [1.29, 1.82) is 5.26 Å². The highest BCUT2D eigenvalue weighted by Gasteiger charge is 2.02. The molecule has 1 aromatic heterocycles. The lowest BCUT2D eigenvalue weighted by Crippen LogP contribution is -2.08. The summed E-state index contributed by atoms with van der Waals surface area (Å²) in [6, 6.07) is 19.2. The van der Waals surface area contributed by atoms with E-state index in [-0.39, 0.29) is 0 Å². The molecule has 0 aliphatic heterocycles. The zero-order valence-corrected chi connectivity index (χ0v) is 14.1. The smallest absolute Gasteiger partial charge is 0.135 e. The van der Waals surface area contributed by atoms with Gasteiger partial charge in [-0.2, -0.15) is 5.26 Å². The monoisotopic (exact) mass is 330 g/mol. The summed E-state index contributed by atoms with van der Waals surface area (Å²) in [4.78, 5) is 10.5. The third-order valence-corrected chi connectivity index (χ3v) is 3.61. The van der Waals surface area contributed by atoms with Crippen LogP contribution in [0.3, 0.4) is 0 Å². The first-order chi connectivity index (χ1) is 12.1. The van der Waals surface area contributed by atoms with Gasteiger partial charge in [0, 0.05) is 37.2 Å². The van der Waals surface area contributed by atoms with Crippen molar-refractivity contribution in [2.45, 2.75) is 0 Å². The summed E-state index contributed by atoms with van der Waals surface area (Å²) in [6.45, 7) is 0. The molecule has 6 nitrogen and oxygen atoms in total. The van der Waals surface area contributed by atoms with Gasteiger partial charge in [-0.15, -0.1) is 0 Å². The summed E-state index contributed by atoms with van der Waals surface area (Å²) in [5.74, 6) is 1.37. The van der Waals surface area contributed by atoms with Crippen LogP contribution < -0.4 is 15.5 Å². The van der Waals surface area contributed by atoms with E-state index in [4.69, 9.17) is 5.26 Å². The van der Waals surface area contributed by atoms with E-state index >= 15 is 0 Å². The molecule has 2 aromatic carbocycles. The van der Waals surface area contributed by atoms with Crippen molar-refractivity contribution < 1.29 is 0 Å². The Labute approximate surface area is 146 Å². The number of nitrogens with one attached hydrogen (secondary N) is 2. The van der Waals surface area contributed by atoms with Crippen LogP contribution in [-0.2, 0) is 0 Å². The van der Waals surface area contributed by atoms with Crippen molar-refractivity contribution in [3.63, 3.8) is 0 Å². The zero-order chi connectivity index (χ0) is 17.6. The minimum Gasteiger partial charge on any atom is -0.378 e. The van der Waals surface area contributed by atoms with Crippen LogP contribution in [0, 0.1) is 11.3 Å². The van der Waals surface area contributed by atoms with Crippen molar-refractivity contribution >= 4 is 28.7 Å². The first-order valence-corrected chi connectivity index (χ1v) is 7.78.